The summed E-state index contributed by atoms with van der Waals surface area (Å²) in [5.41, 5.74) is 5.62. The van der Waals surface area contributed by atoms with Gasteiger partial charge in [0, 0.05) is 30.5 Å². The van der Waals surface area contributed by atoms with Gasteiger partial charge in [-0.05, 0) is 69.2 Å². The second-order valence-electron chi connectivity index (χ2n) is 10.9. The third-order valence-electron chi connectivity index (χ3n) is 8.12. The number of benzene rings is 2. The molecule has 1 N–H and O–H groups in total. The molecule has 0 bridgehead atoms. The normalized spacial score (nSPS) is 22.4. The van der Waals surface area contributed by atoms with Gasteiger partial charge in [0.1, 0.15) is 17.1 Å². The highest BCUT2D eigenvalue weighted by Crippen LogP contribution is 2.54. The molecule has 2 atom stereocenters. The topological polar surface area (TPSA) is 49.8 Å². The van der Waals surface area contributed by atoms with E-state index in [2.05, 4.69) is 52.0 Å². The summed E-state index contributed by atoms with van der Waals surface area (Å²) in [5.74, 6) is 1.17. The Hall–Kier alpha value is -2.75. The molecule has 1 aliphatic carbocycles. The standard InChI is InChI=1S/C30H37NO3/c1-5-6-7-10-20-16-25-27(23-15-19(2)13-14-24(23)30(3,4)34-25)28(32)26(20)29(33)31-17-21-11-8-9-12-22(21)18-31/h8-9,11-12,15-16,23-24,32H,5-7,10,13-14,17-18H2,1-4H3/t23?,24-/m1/s1. The number of nitrogens with zero attached hydrogens (tertiary/aromatic N) is 1. The van der Waals surface area contributed by atoms with Crippen LogP contribution in [0, 0.1) is 5.92 Å². The van der Waals surface area contributed by atoms with E-state index in [0.29, 0.717) is 18.7 Å². The van der Waals surface area contributed by atoms with Crippen LogP contribution in [0.15, 0.2) is 42.0 Å². The highest BCUT2D eigenvalue weighted by molar-refractivity contribution is 5.99. The van der Waals surface area contributed by atoms with E-state index < -0.39 is 0 Å². The number of phenolic OH excluding ortho intramolecular Hbond substituents is 1. The zero-order valence-corrected chi connectivity index (χ0v) is 21.0. The number of ether oxygens (including phenoxy) is 1. The fourth-order valence-electron chi connectivity index (χ4n) is 6.25. The maximum absolute atomic E-state index is 13.9. The van der Waals surface area contributed by atoms with Gasteiger partial charge in [-0.1, -0.05) is 55.7 Å². The predicted octanol–water partition coefficient (Wildman–Crippen LogP) is 6.89. The van der Waals surface area contributed by atoms with Crippen molar-refractivity contribution in [3.63, 3.8) is 0 Å². The molecular formula is C30H37NO3. The molecule has 180 valence electrons. The fourth-order valence-corrected chi connectivity index (χ4v) is 6.25. The van der Waals surface area contributed by atoms with Crippen molar-refractivity contribution < 1.29 is 14.6 Å². The first-order valence-electron chi connectivity index (χ1n) is 12.9. The van der Waals surface area contributed by atoms with Crippen LogP contribution in [0.3, 0.4) is 0 Å². The summed E-state index contributed by atoms with van der Waals surface area (Å²) in [6.07, 6.45) is 8.35. The summed E-state index contributed by atoms with van der Waals surface area (Å²) in [5, 5.41) is 11.8. The second kappa shape index (κ2) is 8.79. The van der Waals surface area contributed by atoms with Crippen molar-refractivity contribution in [3.8, 4) is 11.5 Å². The molecule has 5 rings (SSSR count). The lowest BCUT2D eigenvalue weighted by molar-refractivity contribution is 0.0106. The minimum atomic E-state index is -0.315. The number of phenols is 1. The van der Waals surface area contributed by atoms with E-state index in [-0.39, 0.29) is 29.1 Å². The van der Waals surface area contributed by atoms with E-state index in [4.69, 9.17) is 4.74 Å². The lowest BCUT2D eigenvalue weighted by Gasteiger charge is -2.46. The minimum absolute atomic E-state index is 0.0686. The third kappa shape index (κ3) is 3.91. The number of amides is 1. The molecule has 0 radical (unpaired) electrons. The number of hydrogen-bond acceptors (Lipinski definition) is 3. The van der Waals surface area contributed by atoms with Gasteiger partial charge < -0.3 is 14.7 Å². The Kier molecular flexibility index (Phi) is 5.95. The van der Waals surface area contributed by atoms with Crippen molar-refractivity contribution in [1.82, 2.24) is 4.90 Å². The van der Waals surface area contributed by atoms with Gasteiger partial charge in [0.15, 0.2) is 0 Å². The molecule has 2 aromatic carbocycles. The Morgan fingerprint density at radius 2 is 1.88 bits per heavy atom. The molecule has 1 unspecified atom stereocenters. The van der Waals surface area contributed by atoms with E-state index in [1.165, 1.54) is 16.7 Å². The molecule has 4 nitrogen and oxygen atoms in total. The summed E-state index contributed by atoms with van der Waals surface area (Å²) in [6, 6.07) is 10.3. The molecule has 0 saturated carbocycles. The molecule has 0 saturated heterocycles. The SMILES string of the molecule is CCCCCc1cc2c(c(O)c1C(=O)N1Cc3ccccc3C1)C1C=C(C)CC[C@H]1C(C)(C)O2. The van der Waals surface area contributed by atoms with E-state index in [1.54, 1.807) is 0 Å². The maximum atomic E-state index is 13.9. The summed E-state index contributed by atoms with van der Waals surface area (Å²) < 4.78 is 6.55. The van der Waals surface area contributed by atoms with Crippen LogP contribution in [0.5, 0.6) is 11.5 Å². The molecule has 4 heteroatoms. The molecular weight excluding hydrogens is 422 g/mol. The molecule has 0 fully saturated rings. The molecule has 2 aromatic rings. The van der Waals surface area contributed by atoms with E-state index in [0.717, 1.165) is 55.4 Å². The quantitative estimate of drug-likeness (QED) is 0.391. The Labute approximate surface area is 203 Å². The number of hydrogen-bond donors (Lipinski definition) is 1. The van der Waals surface area contributed by atoms with E-state index in [9.17, 15) is 9.90 Å². The molecule has 34 heavy (non-hydrogen) atoms. The van der Waals surface area contributed by atoms with Crippen molar-refractivity contribution in [2.24, 2.45) is 5.92 Å². The molecule has 0 spiro atoms. The van der Waals surface area contributed by atoms with Crippen molar-refractivity contribution in [3.05, 3.63) is 69.8 Å². The number of aryl methyl sites for hydroxylation is 1. The first-order chi connectivity index (χ1) is 16.3. The maximum Gasteiger partial charge on any atom is 0.258 e. The van der Waals surface area contributed by atoms with Gasteiger partial charge in [-0.25, -0.2) is 0 Å². The Balaban J connectivity index is 1.60. The van der Waals surface area contributed by atoms with Crippen molar-refractivity contribution >= 4 is 5.91 Å². The zero-order chi connectivity index (χ0) is 24.0. The summed E-state index contributed by atoms with van der Waals surface area (Å²) >= 11 is 0. The average Bonchev–Trinajstić information content (AvgIpc) is 3.22. The van der Waals surface area contributed by atoms with Gasteiger partial charge in [-0.15, -0.1) is 0 Å². The smallest absolute Gasteiger partial charge is 0.258 e. The van der Waals surface area contributed by atoms with Crippen LogP contribution in [-0.2, 0) is 19.5 Å². The first kappa shape index (κ1) is 23.0. The number of carbonyl (C=O) groups excluding carboxylic acids is 1. The van der Waals surface area contributed by atoms with E-state index >= 15 is 0 Å². The van der Waals surface area contributed by atoms with Gasteiger partial charge in [0.25, 0.3) is 5.91 Å². The molecule has 1 amide bonds. The van der Waals surface area contributed by atoms with Crippen LogP contribution < -0.4 is 4.74 Å². The van der Waals surface area contributed by atoms with Gasteiger partial charge in [-0.2, -0.15) is 0 Å². The first-order valence-corrected chi connectivity index (χ1v) is 12.9. The summed E-state index contributed by atoms with van der Waals surface area (Å²) in [4.78, 5) is 15.8. The van der Waals surface area contributed by atoms with Gasteiger partial charge in [0.2, 0.25) is 0 Å². The fraction of sp³-hybridized carbons (Fsp3) is 0.500. The summed E-state index contributed by atoms with van der Waals surface area (Å²) in [6.45, 7) is 9.86. The number of unbranched alkanes of at least 4 members (excludes halogenated alkanes) is 2. The lowest BCUT2D eigenvalue weighted by Crippen LogP contribution is -2.45. The minimum Gasteiger partial charge on any atom is -0.507 e. The average molecular weight is 460 g/mol. The van der Waals surface area contributed by atoms with Crippen LogP contribution in [0.2, 0.25) is 0 Å². The molecule has 2 aliphatic heterocycles. The van der Waals surface area contributed by atoms with Gasteiger partial charge in [-0.3, -0.25) is 4.79 Å². The zero-order valence-electron chi connectivity index (χ0n) is 21.0. The van der Waals surface area contributed by atoms with Crippen LogP contribution >= 0.6 is 0 Å². The monoisotopic (exact) mass is 459 g/mol. The number of carbonyl (C=O) groups is 1. The lowest BCUT2D eigenvalue weighted by atomic mass is 9.67. The van der Waals surface area contributed by atoms with Crippen molar-refractivity contribution in [1.29, 1.82) is 0 Å². The predicted molar refractivity (Wildman–Crippen MR) is 135 cm³/mol. The summed E-state index contributed by atoms with van der Waals surface area (Å²) in [7, 11) is 0. The molecule has 2 heterocycles. The van der Waals surface area contributed by atoms with Crippen LogP contribution in [0.1, 0.15) is 98.3 Å². The van der Waals surface area contributed by atoms with E-state index in [1.807, 2.05) is 17.0 Å². The Bertz CT molecular complexity index is 1120. The second-order valence-corrected chi connectivity index (χ2v) is 10.9. The largest absolute Gasteiger partial charge is 0.507 e. The van der Waals surface area contributed by atoms with Crippen LogP contribution in [0.25, 0.3) is 0 Å². The number of aromatic hydroxyl groups is 1. The Morgan fingerprint density at radius 1 is 1.18 bits per heavy atom. The number of fused-ring (bicyclic) bond motifs is 4. The van der Waals surface area contributed by atoms with Crippen LogP contribution in [-0.4, -0.2) is 21.5 Å². The highest BCUT2D eigenvalue weighted by atomic mass is 16.5. The van der Waals surface area contributed by atoms with Crippen molar-refractivity contribution in [2.75, 3.05) is 0 Å². The number of rotatable bonds is 5. The third-order valence-corrected chi connectivity index (χ3v) is 8.12. The highest BCUT2D eigenvalue weighted by Gasteiger charge is 2.46. The number of allylic oxidation sites excluding steroid dienone is 2. The Morgan fingerprint density at radius 3 is 2.56 bits per heavy atom. The van der Waals surface area contributed by atoms with Gasteiger partial charge in [0.05, 0.1) is 5.56 Å². The van der Waals surface area contributed by atoms with Crippen LogP contribution in [0.4, 0.5) is 0 Å². The molecule has 3 aliphatic rings. The molecule has 0 aromatic heterocycles. The van der Waals surface area contributed by atoms with Gasteiger partial charge >= 0.3 is 0 Å². The van der Waals surface area contributed by atoms with Crippen molar-refractivity contribution in [2.45, 2.75) is 90.8 Å².